The van der Waals surface area contributed by atoms with Crippen LogP contribution in [0.1, 0.15) is 17.0 Å². The van der Waals surface area contributed by atoms with Crippen LogP contribution in [0.4, 0.5) is 0 Å². The minimum absolute atomic E-state index is 0.0327. The van der Waals surface area contributed by atoms with Gasteiger partial charge in [0.1, 0.15) is 0 Å². The van der Waals surface area contributed by atoms with Crippen LogP contribution in [0.15, 0.2) is 29.8 Å². The third-order valence-electron chi connectivity index (χ3n) is 2.78. The van der Waals surface area contributed by atoms with E-state index in [0.717, 1.165) is 10.6 Å². The number of benzene rings is 1. The minimum Gasteiger partial charge on any atom is -0.356 e. The zero-order valence-electron chi connectivity index (χ0n) is 10.7. The quantitative estimate of drug-likeness (QED) is 0.877. The van der Waals surface area contributed by atoms with Gasteiger partial charge in [0.15, 0.2) is 0 Å². The minimum atomic E-state index is 0.0327. The summed E-state index contributed by atoms with van der Waals surface area (Å²) in [7, 11) is 0. The number of carbonyl (C=O) groups excluding carboxylic acids is 1. The van der Waals surface area contributed by atoms with Gasteiger partial charge >= 0.3 is 0 Å². The van der Waals surface area contributed by atoms with Crippen LogP contribution in [0.2, 0.25) is 10.0 Å². The molecule has 0 radical (unpaired) electrons. The van der Waals surface area contributed by atoms with Crippen molar-refractivity contribution in [3.63, 3.8) is 0 Å². The van der Waals surface area contributed by atoms with E-state index in [2.05, 4.69) is 10.3 Å². The Kier molecular flexibility index (Phi) is 5.83. The normalized spacial score (nSPS) is 10.5. The molecule has 0 aliphatic rings. The lowest BCUT2D eigenvalue weighted by molar-refractivity contribution is -0.121. The van der Waals surface area contributed by atoms with Crippen LogP contribution < -0.4 is 5.32 Å². The van der Waals surface area contributed by atoms with Gasteiger partial charge < -0.3 is 5.32 Å². The molecule has 0 fully saturated rings. The maximum Gasteiger partial charge on any atom is 0.220 e. The molecule has 106 valence electrons. The van der Waals surface area contributed by atoms with E-state index in [1.165, 1.54) is 0 Å². The summed E-state index contributed by atoms with van der Waals surface area (Å²) in [5.74, 6) is 0.0327. The third kappa shape index (κ3) is 4.78. The zero-order valence-corrected chi connectivity index (χ0v) is 13.1. The molecule has 0 aliphatic heterocycles. The number of amides is 1. The average molecular weight is 329 g/mol. The van der Waals surface area contributed by atoms with Gasteiger partial charge in [0.2, 0.25) is 5.91 Å². The SMILES string of the molecule is O=C(CCc1nccs1)NCCc1ccc(Cl)cc1Cl. The molecule has 0 bridgehead atoms. The molecule has 2 rings (SSSR count). The first-order valence-electron chi connectivity index (χ1n) is 6.24. The molecular weight excluding hydrogens is 315 g/mol. The Labute approximate surface area is 131 Å². The first kappa shape index (κ1) is 15.3. The van der Waals surface area contributed by atoms with E-state index in [4.69, 9.17) is 23.2 Å². The van der Waals surface area contributed by atoms with Crippen molar-refractivity contribution in [2.24, 2.45) is 0 Å². The molecular formula is C14H14Cl2N2OS. The lowest BCUT2D eigenvalue weighted by atomic mass is 10.1. The summed E-state index contributed by atoms with van der Waals surface area (Å²) in [6, 6.07) is 5.39. The van der Waals surface area contributed by atoms with Crippen molar-refractivity contribution in [3.8, 4) is 0 Å². The van der Waals surface area contributed by atoms with Crippen molar-refractivity contribution >= 4 is 40.4 Å². The van der Waals surface area contributed by atoms with E-state index >= 15 is 0 Å². The summed E-state index contributed by atoms with van der Waals surface area (Å²) < 4.78 is 0. The molecule has 1 amide bonds. The van der Waals surface area contributed by atoms with Crippen LogP contribution in [-0.4, -0.2) is 17.4 Å². The number of aryl methyl sites for hydroxylation is 1. The van der Waals surface area contributed by atoms with Crippen molar-refractivity contribution in [3.05, 3.63) is 50.4 Å². The summed E-state index contributed by atoms with van der Waals surface area (Å²) in [5.41, 5.74) is 0.983. The average Bonchev–Trinajstić information content (AvgIpc) is 2.92. The molecule has 3 nitrogen and oxygen atoms in total. The van der Waals surface area contributed by atoms with Crippen LogP contribution in [0.3, 0.4) is 0 Å². The second kappa shape index (κ2) is 7.62. The highest BCUT2D eigenvalue weighted by atomic mass is 35.5. The molecule has 1 aromatic carbocycles. The van der Waals surface area contributed by atoms with Gasteiger partial charge in [-0.15, -0.1) is 11.3 Å². The van der Waals surface area contributed by atoms with Crippen molar-refractivity contribution < 1.29 is 4.79 Å². The van der Waals surface area contributed by atoms with E-state index in [1.807, 2.05) is 11.4 Å². The first-order chi connectivity index (χ1) is 9.65. The van der Waals surface area contributed by atoms with Gasteiger partial charge in [0.05, 0.1) is 5.01 Å². The molecule has 20 heavy (non-hydrogen) atoms. The molecule has 0 saturated heterocycles. The van der Waals surface area contributed by atoms with Crippen molar-refractivity contribution in [1.29, 1.82) is 0 Å². The fourth-order valence-corrected chi connectivity index (χ4v) is 2.87. The molecule has 0 saturated carbocycles. The number of aromatic nitrogens is 1. The highest BCUT2D eigenvalue weighted by Gasteiger charge is 2.05. The number of hydrogen-bond acceptors (Lipinski definition) is 3. The number of nitrogens with one attached hydrogen (secondary N) is 1. The van der Waals surface area contributed by atoms with Crippen molar-refractivity contribution in [2.75, 3.05) is 6.54 Å². The summed E-state index contributed by atoms with van der Waals surface area (Å²) in [4.78, 5) is 15.8. The van der Waals surface area contributed by atoms with Gasteiger partial charge in [0.25, 0.3) is 0 Å². The Hall–Kier alpha value is -1.10. The highest BCUT2D eigenvalue weighted by Crippen LogP contribution is 2.21. The van der Waals surface area contributed by atoms with Gasteiger partial charge in [-0.3, -0.25) is 4.79 Å². The molecule has 1 heterocycles. The summed E-state index contributed by atoms with van der Waals surface area (Å²) in [5, 5.41) is 7.03. The van der Waals surface area contributed by atoms with E-state index in [9.17, 15) is 4.79 Å². The maximum atomic E-state index is 11.7. The molecule has 0 spiro atoms. The molecule has 6 heteroatoms. The molecule has 0 aliphatic carbocycles. The van der Waals surface area contributed by atoms with Crippen LogP contribution in [0, 0.1) is 0 Å². The molecule has 1 N–H and O–H groups in total. The summed E-state index contributed by atoms with van der Waals surface area (Å²) in [6.07, 6.45) is 3.59. The van der Waals surface area contributed by atoms with Crippen molar-refractivity contribution in [1.82, 2.24) is 10.3 Å². The highest BCUT2D eigenvalue weighted by molar-refractivity contribution is 7.09. The van der Waals surface area contributed by atoms with Gasteiger partial charge in [-0.2, -0.15) is 0 Å². The second-order valence-electron chi connectivity index (χ2n) is 4.26. The lowest BCUT2D eigenvalue weighted by Crippen LogP contribution is -2.25. The standard InChI is InChI=1S/C14H14Cl2N2OS/c15-11-2-1-10(12(16)9-11)5-6-17-13(19)3-4-14-18-7-8-20-14/h1-2,7-9H,3-6H2,(H,17,19). The molecule has 1 aromatic heterocycles. The van der Waals surface area contributed by atoms with Crippen LogP contribution in [0.25, 0.3) is 0 Å². The maximum absolute atomic E-state index is 11.7. The third-order valence-corrected chi connectivity index (χ3v) is 4.21. The topological polar surface area (TPSA) is 42.0 Å². The smallest absolute Gasteiger partial charge is 0.220 e. The fourth-order valence-electron chi connectivity index (χ4n) is 1.75. The Morgan fingerprint density at radius 1 is 1.30 bits per heavy atom. The summed E-state index contributed by atoms with van der Waals surface area (Å²) >= 11 is 13.5. The predicted molar refractivity (Wildman–Crippen MR) is 83.6 cm³/mol. The monoisotopic (exact) mass is 328 g/mol. The van der Waals surface area contributed by atoms with Crippen LogP contribution in [-0.2, 0) is 17.6 Å². The molecule has 0 atom stereocenters. The first-order valence-corrected chi connectivity index (χ1v) is 7.87. The molecule has 2 aromatic rings. The van der Waals surface area contributed by atoms with Crippen LogP contribution in [0.5, 0.6) is 0 Å². The predicted octanol–water partition coefficient (Wildman–Crippen LogP) is 3.74. The Morgan fingerprint density at radius 2 is 2.15 bits per heavy atom. The van der Waals surface area contributed by atoms with Gasteiger partial charge in [-0.05, 0) is 24.1 Å². The largest absolute Gasteiger partial charge is 0.356 e. The number of carbonyl (C=O) groups is 1. The van der Waals surface area contributed by atoms with Crippen LogP contribution >= 0.6 is 34.5 Å². The van der Waals surface area contributed by atoms with Crippen molar-refractivity contribution in [2.45, 2.75) is 19.3 Å². The van der Waals surface area contributed by atoms with Gasteiger partial charge in [0, 0.05) is 41.0 Å². The Balaban J connectivity index is 1.71. The Bertz CT molecular complexity index is 573. The summed E-state index contributed by atoms with van der Waals surface area (Å²) in [6.45, 7) is 0.568. The zero-order chi connectivity index (χ0) is 14.4. The molecule has 0 unspecified atom stereocenters. The van der Waals surface area contributed by atoms with E-state index < -0.39 is 0 Å². The Morgan fingerprint density at radius 3 is 2.85 bits per heavy atom. The number of thiazole rings is 1. The van der Waals surface area contributed by atoms with E-state index in [0.29, 0.717) is 35.9 Å². The van der Waals surface area contributed by atoms with Gasteiger partial charge in [-0.1, -0.05) is 29.3 Å². The second-order valence-corrected chi connectivity index (χ2v) is 6.08. The number of halogens is 2. The van der Waals surface area contributed by atoms with E-state index in [-0.39, 0.29) is 5.91 Å². The number of hydrogen-bond donors (Lipinski definition) is 1. The van der Waals surface area contributed by atoms with E-state index in [1.54, 1.807) is 29.7 Å². The lowest BCUT2D eigenvalue weighted by Gasteiger charge is -2.06. The number of nitrogens with zero attached hydrogens (tertiary/aromatic N) is 1. The number of rotatable bonds is 6. The fraction of sp³-hybridized carbons (Fsp3) is 0.286. The van der Waals surface area contributed by atoms with Gasteiger partial charge in [-0.25, -0.2) is 4.98 Å².